The zero-order valence-electron chi connectivity index (χ0n) is 17.1. The van der Waals surface area contributed by atoms with Crippen molar-refractivity contribution in [2.24, 2.45) is 5.92 Å². The third-order valence-corrected chi connectivity index (χ3v) is 6.02. The highest BCUT2D eigenvalue weighted by Gasteiger charge is 2.14. The van der Waals surface area contributed by atoms with Crippen LogP contribution in [-0.2, 0) is 16.6 Å². The van der Waals surface area contributed by atoms with E-state index in [4.69, 9.17) is 0 Å². The third kappa shape index (κ3) is 5.78. The molecular weight excluding hydrogens is 396 g/mol. The molecule has 156 valence electrons. The van der Waals surface area contributed by atoms with Crippen LogP contribution in [0.15, 0.2) is 83.8 Å². The lowest BCUT2D eigenvalue weighted by atomic mass is 10.0. The molecule has 0 aliphatic carbocycles. The molecule has 0 aliphatic heterocycles. The highest BCUT2D eigenvalue weighted by molar-refractivity contribution is 7.89. The lowest BCUT2D eigenvalue weighted by molar-refractivity contribution is 0.0949. The van der Waals surface area contributed by atoms with E-state index < -0.39 is 10.0 Å². The van der Waals surface area contributed by atoms with Gasteiger partial charge >= 0.3 is 0 Å². The molecule has 0 aliphatic rings. The predicted octanol–water partition coefficient (Wildman–Crippen LogP) is 4.22. The fourth-order valence-electron chi connectivity index (χ4n) is 2.92. The Hall–Kier alpha value is -2.96. The van der Waals surface area contributed by atoms with Crippen LogP contribution in [0, 0.1) is 5.92 Å². The maximum Gasteiger partial charge on any atom is 0.251 e. The van der Waals surface area contributed by atoms with Crippen LogP contribution in [-0.4, -0.2) is 20.9 Å². The van der Waals surface area contributed by atoms with Gasteiger partial charge in [0.25, 0.3) is 5.91 Å². The van der Waals surface area contributed by atoms with Crippen molar-refractivity contribution in [3.05, 3.63) is 90.0 Å². The zero-order chi connectivity index (χ0) is 21.6. The molecule has 0 aromatic heterocycles. The van der Waals surface area contributed by atoms with Crippen LogP contribution >= 0.6 is 0 Å². The van der Waals surface area contributed by atoms with E-state index in [1.165, 1.54) is 0 Å². The quantitative estimate of drug-likeness (QED) is 0.571. The summed E-state index contributed by atoms with van der Waals surface area (Å²) in [5.74, 6) is 0.261. The number of hydrogen-bond donors (Lipinski definition) is 2. The molecule has 0 saturated carbocycles. The van der Waals surface area contributed by atoms with Crippen molar-refractivity contribution in [2.75, 3.05) is 6.54 Å². The second-order valence-corrected chi connectivity index (χ2v) is 9.29. The Morgan fingerprint density at radius 1 is 0.867 bits per heavy atom. The maximum absolute atomic E-state index is 12.6. The lowest BCUT2D eigenvalue weighted by Gasteiger charge is -2.10. The number of carbonyl (C=O) groups excluding carboxylic acids is 1. The Morgan fingerprint density at radius 3 is 2.23 bits per heavy atom. The van der Waals surface area contributed by atoms with Gasteiger partial charge in [0, 0.05) is 18.7 Å². The third-order valence-electron chi connectivity index (χ3n) is 4.60. The second kappa shape index (κ2) is 9.69. The van der Waals surface area contributed by atoms with Crippen molar-refractivity contribution in [3.63, 3.8) is 0 Å². The summed E-state index contributed by atoms with van der Waals surface area (Å²) < 4.78 is 27.7. The van der Waals surface area contributed by atoms with Gasteiger partial charge in [0.2, 0.25) is 10.0 Å². The first kappa shape index (κ1) is 21.7. The number of amides is 1. The van der Waals surface area contributed by atoms with Crippen LogP contribution in [0.4, 0.5) is 0 Å². The average molecular weight is 423 g/mol. The number of carbonyl (C=O) groups is 1. The topological polar surface area (TPSA) is 75.3 Å². The SMILES string of the molecule is CC(C)CNC(=O)c1cccc(-c2ccc(S(=O)(=O)NCc3ccccc3)cc2)c1. The Balaban J connectivity index is 1.72. The van der Waals surface area contributed by atoms with E-state index >= 15 is 0 Å². The molecule has 0 bridgehead atoms. The molecule has 1 amide bonds. The van der Waals surface area contributed by atoms with Gasteiger partial charge in [-0.2, -0.15) is 0 Å². The van der Waals surface area contributed by atoms with Gasteiger partial charge in [-0.05, 0) is 46.9 Å². The highest BCUT2D eigenvalue weighted by Crippen LogP contribution is 2.22. The summed E-state index contributed by atoms with van der Waals surface area (Å²) in [5, 5.41) is 2.91. The van der Waals surface area contributed by atoms with Gasteiger partial charge < -0.3 is 5.32 Å². The molecule has 0 fully saturated rings. The van der Waals surface area contributed by atoms with Gasteiger partial charge in [-0.1, -0.05) is 68.4 Å². The fraction of sp³-hybridized carbons (Fsp3) is 0.208. The minimum Gasteiger partial charge on any atom is -0.352 e. The molecule has 0 heterocycles. The van der Waals surface area contributed by atoms with Gasteiger partial charge in [-0.15, -0.1) is 0 Å². The van der Waals surface area contributed by atoms with E-state index in [-0.39, 0.29) is 17.3 Å². The van der Waals surface area contributed by atoms with E-state index in [9.17, 15) is 13.2 Å². The van der Waals surface area contributed by atoms with E-state index in [2.05, 4.69) is 10.0 Å². The van der Waals surface area contributed by atoms with Crippen molar-refractivity contribution < 1.29 is 13.2 Å². The minimum atomic E-state index is -3.61. The highest BCUT2D eigenvalue weighted by atomic mass is 32.2. The first-order valence-electron chi connectivity index (χ1n) is 9.87. The van der Waals surface area contributed by atoms with E-state index in [1.54, 1.807) is 30.3 Å². The molecule has 30 heavy (non-hydrogen) atoms. The van der Waals surface area contributed by atoms with Gasteiger partial charge in [0.15, 0.2) is 0 Å². The monoisotopic (exact) mass is 422 g/mol. The van der Waals surface area contributed by atoms with Crippen LogP contribution in [0.5, 0.6) is 0 Å². The van der Waals surface area contributed by atoms with Gasteiger partial charge in [0.1, 0.15) is 0 Å². The number of hydrogen-bond acceptors (Lipinski definition) is 3. The Morgan fingerprint density at radius 2 is 1.57 bits per heavy atom. The summed E-state index contributed by atoms with van der Waals surface area (Å²) >= 11 is 0. The number of nitrogens with one attached hydrogen (secondary N) is 2. The molecule has 2 N–H and O–H groups in total. The summed E-state index contributed by atoms with van der Waals surface area (Å²) in [6.07, 6.45) is 0. The first-order chi connectivity index (χ1) is 14.3. The first-order valence-corrected chi connectivity index (χ1v) is 11.4. The average Bonchev–Trinajstić information content (AvgIpc) is 2.77. The zero-order valence-corrected chi connectivity index (χ0v) is 17.9. The van der Waals surface area contributed by atoms with Gasteiger partial charge in [-0.3, -0.25) is 4.79 Å². The summed E-state index contributed by atoms with van der Waals surface area (Å²) in [5.41, 5.74) is 3.17. The molecule has 3 rings (SSSR count). The van der Waals surface area contributed by atoms with E-state index in [1.807, 2.05) is 62.4 Å². The number of sulfonamides is 1. The van der Waals surface area contributed by atoms with Crippen LogP contribution in [0.1, 0.15) is 29.8 Å². The summed E-state index contributed by atoms with van der Waals surface area (Å²) in [7, 11) is -3.61. The second-order valence-electron chi connectivity index (χ2n) is 7.52. The molecule has 0 spiro atoms. The summed E-state index contributed by atoms with van der Waals surface area (Å²) in [6.45, 7) is 4.94. The van der Waals surface area contributed by atoms with Crippen LogP contribution in [0.2, 0.25) is 0 Å². The van der Waals surface area contributed by atoms with Crippen LogP contribution in [0.25, 0.3) is 11.1 Å². The normalized spacial score (nSPS) is 11.4. The smallest absolute Gasteiger partial charge is 0.251 e. The maximum atomic E-state index is 12.6. The Kier molecular flexibility index (Phi) is 7.03. The predicted molar refractivity (Wildman–Crippen MR) is 120 cm³/mol. The minimum absolute atomic E-state index is 0.116. The van der Waals surface area contributed by atoms with Crippen molar-refractivity contribution in [2.45, 2.75) is 25.3 Å². The summed E-state index contributed by atoms with van der Waals surface area (Å²) in [6, 6.07) is 23.3. The molecule has 6 heteroatoms. The number of rotatable bonds is 8. The Labute approximate surface area is 178 Å². The Bertz CT molecular complexity index is 1090. The van der Waals surface area contributed by atoms with Gasteiger partial charge in [-0.25, -0.2) is 13.1 Å². The number of benzene rings is 3. The van der Waals surface area contributed by atoms with Crippen LogP contribution < -0.4 is 10.0 Å². The molecule has 5 nitrogen and oxygen atoms in total. The lowest BCUT2D eigenvalue weighted by Crippen LogP contribution is -2.27. The van der Waals surface area contributed by atoms with Crippen molar-refractivity contribution in [1.29, 1.82) is 0 Å². The standard InChI is InChI=1S/C24H26N2O3S/c1-18(2)16-25-24(27)22-10-6-9-21(15-22)20-11-13-23(14-12-20)30(28,29)26-17-19-7-4-3-5-8-19/h3-15,18,26H,16-17H2,1-2H3,(H,25,27). The van der Waals surface area contributed by atoms with E-state index in [0.717, 1.165) is 16.7 Å². The molecular formula is C24H26N2O3S. The van der Waals surface area contributed by atoms with Crippen molar-refractivity contribution >= 4 is 15.9 Å². The molecule has 0 unspecified atom stereocenters. The fourth-order valence-corrected chi connectivity index (χ4v) is 3.94. The molecule has 3 aromatic rings. The molecule has 0 radical (unpaired) electrons. The van der Waals surface area contributed by atoms with Crippen molar-refractivity contribution in [3.8, 4) is 11.1 Å². The molecule has 0 atom stereocenters. The van der Waals surface area contributed by atoms with Gasteiger partial charge in [0.05, 0.1) is 4.90 Å². The molecule has 3 aromatic carbocycles. The summed E-state index contributed by atoms with van der Waals surface area (Å²) in [4.78, 5) is 12.5. The van der Waals surface area contributed by atoms with Crippen molar-refractivity contribution in [1.82, 2.24) is 10.0 Å². The largest absolute Gasteiger partial charge is 0.352 e. The van der Waals surface area contributed by atoms with Crippen LogP contribution in [0.3, 0.4) is 0 Å². The van der Waals surface area contributed by atoms with E-state index in [0.29, 0.717) is 18.0 Å². The molecule has 0 saturated heterocycles.